The molecule has 106 valence electrons. The quantitative estimate of drug-likeness (QED) is 0.683. The maximum atomic E-state index is 14.0. The topological polar surface area (TPSA) is 9.23 Å². The molecule has 1 aromatic carbocycles. The molecule has 0 radical (unpaired) electrons. The van der Waals surface area contributed by atoms with Crippen LogP contribution in [0.4, 0.5) is 4.39 Å². The molecular weight excluding hydrogens is 239 g/mol. The predicted octanol–water partition coefficient (Wildman–Crippen LogP) is 4.59. The molecule has 1 aliphatic rings. The highest BCUT2D eigenvalue weighted by Gasteiger charge is 2.22. The molecule has 0 fully saturated rings. The second-order valence-corrected chi connectivity index (χ2v) is 5.63. The average molecular weight is 264 g/mol. The van der Waals surface area contributed by atoms with Gasteiger partial charge in [-0.2, -0.15) is 0 Å². The molecule has 0 heterocycles. The Hall–Kier alpha value is -0.890. The van der Waals surface area contributed by atoms with Crippen molar-refractivity contribution in [2.24, 2.45) is 0 Å². The lowest BCUT2D eigenvalue weighted by molar-refractivity contribution is 0.0414. The fourth-order valence-corrected chi connectivity index (χ4v) is 2.81. The molecule has 1 aliphatic carbocycles. The Bertz CT molecular complexity index is 414. The highest BCUT2D eigenvalue weighted by atomic mass is 19.1. The van der Waals surface area contributed by atoms with Crippen molar-refractivity contribution in [2.75, 3.05) is 6.61 Å². The van der Waals surface area contributed by atoms with Gasteiger partial charge in [-0.25, -0.2) is 4.39 Å². The molecule has 2 heteroatoms. The number of benzene rings is 1. The number of fused-ring (bicyclic) bond motifs is 1. The summed E-state index contributed by atoms with van der Waals surface area (Å²) in [5.74, 6) is -0.00102. The Morgan fingerprint density at radius 2 is 2.11 bits per heavy atom. The second-order valence-electron chi connectivity index (χ2n) is 5.63. The van der Waals surface area contributed by atoms with Crippen LogP contribution in [0.15, 0.2) is 12.1 Å². The zero-order chi connectivity index (χ0) is 13.7. The molecule has 0 bridgehead atoms. The minimum Gasteiger partial charge on any atom is -0.378 e. The predicted molar refractivity (Wildman–Crippen MR) is 77.0 cm³/mol. The van der Waals surface area contributed by atoms with Gasteiger partial charge in [-0.1, -0.05) is 38.3 Å². The van der Waals surface area contributed by atoms with Crippen molar-refractivity contribution < 1.29 is 9.13 Å². The molecule has 0 saturated carbocycles. The van der Waals surface area contributed by atoms with Gasteiger partial charge in [0.25, 0.3) is 0 Å². The number of unbranched alkanes of at least 4 members (excludes halogenated alkanes) is 3. The third-order valence-electron chi connectivity index (χ3n) is 4.05. The van der Waals surface area contributed by atoms with Crippen LogP contribution in [0, 0.1) is 12.7 Å². The number of ether oxygens (including phenoxy) is 1. The van der Waals surface area contributed by atoms with Crippen molar-refractivity contribution in [3.05, 3.63) is 34.6 Å². The third-order valence-corrected chi connectivity index (χ3v) is 4.05. The number of rotatable bonds is 6. The van der Waals surface area contributed by atoms with E-state index in [1.165, 1.54) is 19.3 Å². The standard InChI is InChI=1S/C17H25FO/c1-3-4-5-6-11-19-15-9-10-16-14(12-15)8-7-13(2)17(16)18/h7-8,15H,3-6,9-12H2,1-2H3. The molecule has 19 heavy (non-hydrogen) atoms. The lowest BCUT2D eigenvalue weighted by atomic mass is 9.88. The molecule has 2 rings (SSSR count). The first kappa shape index (κ1) is 14.5. The number of hydrogen-bond donors (Lipinski definition) is 0. The molecule has 0 amide bonds. The van der Waals surface area contributed by atoms with Crippen molar-refractivity contribution in [2.45, 2.75) is 64.9 Å². The van der Waals surface area contributed by atoms with Crippen LogP contribution in [0.3, 0.4) is 0 Å². The molecule has 1 nitrogen and oxygen atoms in total. The summed E-state index contributed by atoms with van der Waals surface area (Å²) in [6.45, 7) is 4.91. The van der Waals surface area contributed by atoms with Gasteiger partial charge in [0.2, 0.25) is 0 Å². The Balaban J connectivity index is 1.83. The van der Waals surface area contributed by atoms with Gasteiger partial charge >= 0.3 is 0 Å². The van der Waals surface area contributed by atoms with E-state index in [4.69, 9.17) is 4.74 Å². The zero-order valence-corrected chi connectivity index (χ0v) is 12.2. The van der Waals surface area contributed by atoms with E-state index in [0.717, 1.165) is 49.0 Å². The van der Waals surface area contributed by atoms with E-state index in [1.54, 1.807) is 0 Å². The van der Waals surface area contributed by atoms with Gasteiger partial charge in [-0.15, -0.1) is 0 Å². The van der Waals surface area contributed by atoms with E-state index < -0.39 is 0 Å². The zero-order valence-electron chi connectivity index (χ0n) is 12.2. The Kier molecular flexibility index (Phi) is 5.38. The van der Waals surface area contributed by atoms with E-state index in [0.29, 0.717) is 0 Å². The minimum absolute atomic E-state index is 0.00102. The smallest absolute Gasteiger partial charge is 0.129 e. The van der Waals surface area contributed by atoms with Crippen molar-refractivity contribution in [3.63, 3.8) is 0 Å². The summed E-state index contributed by atoms with van der Waals surface area (Å²) in [4.78, 5) is 0. The van der Waals surface area contributed by atoms with E-state index in [-0.39, 0.29) is 11.9 Å². The molecule has 0 aliphatic heterocycles. The normalized spacial score (nSPS) is 18.4. The van der Waals surface area contributed by atoms with Gasteiger partial charge in [-0.05, 0) is 49.3 Å². The van der Waals surface area contributed by atoms with Crippen LogP contribution in [-0.2, 0) is 17.6 Å². The van der Waals surface area contributed by atoms with Crippen molar-refractivity contribution in [1.29, 1.82) is 0 Å². The van der Waals surface area contributed by atoms with Crippen LogP contribution in [0.25, 0.3) is 0 Å². The Morgan fingerprint density at radius 1 is 1.26 bits per heavy atom. The summed E-state index contributed by atoms with van der Waals surface area (Å²) in [6.07, 6.45) is 7.91. The van der Waals surface area contributed by atoms with E-state index in [2.05, 4.69) is 13.0 Å². The van der Waals surface area contributed by atoms with Crippen molar-refractivity contribution in [3.8, 4) is 0 Å². The molecule has 0 aromatic heterocycles. The average Bonchev–Trinajstić information content (AvgIpc) is 2.43. The summed E-state index contributed by atoms with van der Waals surface area (Å²) in [5.41, 5.74) is 2.83. The first-order chi connectivity index (χ1) is 9.22. The second kappa shape index (κ2) is 7.04. The minimum atomic E-state index is -0.00102. The van der Waals surface area contributed by atoms with E-state index in [1.807, 2.05) is 13.0 Å². The Labute approximate surface area is 116 Å². The lowest BCUT2D eigenvalue weighted by Crippen LogP contribution is -2.24. The summed E-state index contributed by atoms with van der Waals surface area (Å²) < 4.78 is 19.9. The SMILES string of the molecule is CCCCCCOC1CCc2c(ccc(C)c2F)C1. The van der Waals surface area contributed by atoms with Crippen LogP contribution in [-0.4, -0.2) is 12.7 Å². The molecule has 0 N–H and O–H groups in total. The van der Waals surface area contributed by atoms with Crippen LogP contribution in [0.1, 0.15) is 55.7 Å². The maximum absolute atomic E-state index is 14.0. The van der Waals surface area contributed by atoms with Crippen molar-refractivity contribution >= 4 is 0 Å². The summed E-state index contributed by atoms with van der Waals surface area (Å²) in [5, 5.41) is 0. The molecule has 0 spiro atoms. The number of hydrogen-bond acceptors (Lipinski definition) is 1. The van der Waals surface area contributed by atoms with Gasteiger partial charge in [0.1, 0.15) is 5.82 Å². The monoisotopic (exact) mass is 264 g/mol. The number of aryl methyl sites for hydroxylation is 1. The van der Waals surface area contributed by atoms with Gasteiger partial charge in [0, 0.05) is 6.61 Å². The Morgan fingerprint density at radius 3 is 2.89 bits per heavy atom. The van der Waals surface area contributed by atoms with Crippen LogP contribution in [0.5, 0.6) is 0 Å². The molecule has 1 atom stereocenters. The van der Waals surface area contributed by atoms with Gasteiger partial charge in [-0.3, -0.25) is 0 Å². The van der Waals surface area contributed by atoms with Crippen LogP contribution in [0.2, 0.25) is 0 Å². The van der Waals surface area contributed by atoms with Crippen LogP contribution >= 0.6 is 0 Å². The highest BCUT2D eigenvalue weighted by Crippen LogP contribution is 2.27. The maximum Gasteiger partial charge on any atom is 0.129 e. The first-order valence-corrected chi connectivity index (χ1v) is 7.60. The molecule has 1 aromatic rings. The van der Waals surface area contributed by atoms with E-state index in [9.17, 15) is 4.39 Å². The molecular formula is C17H25FO. The van der Waals surface area contributed by atoms with Gasteiger partial charge < -0.3 is 4.74 Å². The first-order valence-electron chi connectivity index (χ1n) is 7.60. The van der Waals surface area contributed by atoms with E-state index >= 15 is 0 Å². The summed E-state index contributed by atoms with van der Waals surface area (Å²) in [6, 6.07) is 3.96. The van der Waals surface area contributed by atoms with Crippen molar-refractivity contribution in [1.82, 2.24) is 0 Å². The largest absolute Gasteiger partial charge is 0.378 e. The highest BCUT2D eigenvalue weighted by molar-refractivity contribution is 5.35. The fourth-order valence-electron chi connectivity index (χ4n) is 2.81. The summed E-state index contributed by atoms with van der Waals surface area (Å²) in [7, 11) is 0. The summed E-state index contributed by atoms with van der Waals surface area (Å²) >= 11 is 0. The molecule has 1 unspecified atom stereocenters. The third kappa shape index (κ3) is 3.79. The lowest BCUT2D eigenvalue weighted by Gasteiger charge is -2.25. The molecule has 0 saturated heterocycles. The fraction of sp³-hybridized carbons (Fsp3) is 0.647. The number of halogens is 1. The van der Waals surface area contributed by atoms with Crippen LogP contribution < -0.4 is 0 Å². The van der Waals surface area contributed by atoms with Gasteiger partial charge in [0.05, 0.1) is 6.10 Å². The van der Waals surface area contributed by atoms with Gasteiger partial charge in [0.15, 0.2) is 0 Å².